The molecule has 1 heterocycles. The smallest absolute Gasteiger partial charge is 0.270 e. The highest BCUT2D eigenvalue weighted by Gasteiger charge is 2.09. The third kappa shape index (κ3) is 5.69. The minimum Gasteiger partial charge on any atom is -0.370 e. The molecule has 0 saturated carbocycles. The first-order valence-electron chi connectivity index (χ1n) is 6.93. The number of carbonyl (C=O) groups is 2. The lowest BCUT2D eigenvalue weighted by molar-refractivity contribution is -0.120. The molecule has 0 fully saturated rings. The van der Waals surface area contributed by atoms with E-state index < -0.39 is 0 Å². The first-order chi connectivity index (χ1) is 9.67. The summed E-state index contributed by atoms with van der Waals surface area (Å²) in [4.78, 5) is 27.5. The Morgan fingerprint density at radius 2 is 1.85 bits per heavy atom. The monoisotopic (exact) mass is 278 g/mol. The Morgan fingerprint density at radius 3 is 2.55 bits per heavy atom. The minimum absolute atomic E-state index is 0.0346. The van der Waals surface area contributed by atoms with E-state index in [0.29, 0.717) is 18.1 Å². The van der Waals surface area contributed by atoms with Crippen LogP contribution in [0.4, 0.5) is 5.82 Å². The van der Waals surface area contributed by atoms with Crippen LogP contribution in [0, 0.1) is 0 Å². The van der Waals surface area contributed by atoms with E-state index in [0.717, 1.165) is 19.4 Å². The highest BCUT2D eigenvalue weighted by atomic mass is 16.2. The fraction of sp³-hybridized carbons (Fsp3) is 0.500. The number of hydrogen-bond donors (Lipinski definition) is 3. The van der Waals surface area contributed by atoms with Gasteiger partial charge in [0.05, 0.1) is 6.54 Å². The van der Waals surface area contributed by atoms with Crippen LogP contribution in [0.3, 0.4) is 0 Å². The van der Waals surface area contributed by atoms with Gasteiger partial charge in [-0.2, -0.15) is 0 Å². The Hall–Kier alpha value is -2.11. The number of amides is 2. The second-order valence-corrected chi connectivity index (χ2v) is 4.37. The topological polar surface area (TPSA) is 83.1 Å². The largest absolute Gasteiger partial charge is 0.370 e. The van der Waals surface area contributed by atoms with Crippen LogP contribution < -0.4 is 16.0 Å². The first-order valence-corrected chi connectivity index (χ1v) is 6.93. The summed E-state index contributed by atoms with van der Waals surface area (Å²) < 4.78 is 0. The average Bonchev–Trinajstić information content (AvgIpc) is 2.48. The van der Waals surface area contributed by atoms with Crippen molar-refractivity contribution in [1.82, 2.24) is 15.6 Å². The van der Waals surface area contributed by atoms with E-state index >= 15 is 0 Å². The maximum Gasteiger partial charge on any atom is 0.270 e. The molecule has 0 spiro atoms. The molecule has 1 aromatic rings. The third-order valence-corrected chi connectivity index (χ3v) is 2.52. The summed E-state index contributed by atoms with van der Waals surface area (Å²) in [5, 5.41) is 8.35. The zero-order valence-corrected chi connectivity index (χ0v) is 12.0. The van der Waals surface area contributed by atoms with Crippen LogP contribution in [0.5, 0.6) is 0 Å². The van der Waals surface area contributed by atoms with Crippen LogP contribution >= 0.6 is 0 Å². The molecule has 0 aliphatic heterocycles. The van der Waals surface area contributed by atoms with Crippen LogP contribution in [0.25, 0.3) is 0 Å². The van der Waals surface area contributed by atoms with E-state index in [2.05, 4.69) is 27.9 Å². The molecule has 6 heteroatoms. The van der Waals surface area contributed by atoms with Gasteiger partial charge in [-0.1, -0.05) is 19.9 Å². The summed E-state index contributed by atoms with van der Waals surface area (Å²) in [5.41, 5.74) is 0.300. The normalized spacial score (nSPS) is 9.90. The molecule has 6 nitrogen and oxygen atoms in total. The van der Waals surface area contributed by atoms with Crippen molar-refractivity contribution in [3.05, 3.63) is 23.9 Å². The van der Waals surface area contributed by atoms with Crippen LogP contribution in [0.2, 0.25) is 0 Å². The predicted molar refractivity (Wildman–Crippen MR) is 78.7 cm³/mol. The zero-order valence-electron chi connectivity index (χ0n) is 12.0. The summed E-state index contributed by atoms with van der Waals surface area (Å²) in [7, 11) is 0. The Kier molecular flexibility index (Phi) is 7.10. The molecule has 0 radical (unpaired) electrons. The molecule has 0 aliphatic carbocycles. The summed E-state index contributed by atoms with van der Waals surface area (Å²) in [6, 6.07) is 5.19. The number of pyridine rings is 1. The van der Waals surface area contributed by atoms with Crippen LogP contribution in [-0.2, 0) is 4.79 Å². The third-order valence-electron chi connectivity index (χ3n) is 2.52. The highest BCUT2D eigenvalue weighted by Crippen LogP contribution is 2.04. The molecule has 110 valence electrons. The molecule has 0 aliphatic rings. The van der Waals surface area contributed by atoms with E-state index in [1.807, 2.05) is 6.92 Å². The number of nitrogens with zero attached hydrogens (tertiary/aromatic N) is 1. The second-order valence-electron chi connectivity index (χ2n) is 4.37. The van der Waals surface area contributed by atoms with Gasteiger partial charge in [-0.3, -0.25) is 9.59 Å². The van der Waals surface area contributed by atoms with Crippen molar-refractivity contribution < 1.29 is 9.59 Å². The lowest BCUT2D eigenvalue weighted by Gasteiger charge is -2.07. The van der Waals surface area contributed by atoms with Gasteiger partial charge in [-0.25, -0.2) is 4.98 Å². The van der Waals surface area contributed by atoms with E-state index in [4.69, 9.17) is 0 Å². The molecule has 0 bridgehead atoms. The summed E-state index contributed by atoms with van der Waals surface area (Å²) in [6.07, 6.45) is 1.85. The standard InChI is InChI=1S/C14H22N4O2/c1-3-8-15-12-7-5-6-11(18-12)14(20)17-10-13(19)16-9-4-2/h5-7H,3-4,8-10H2,1-2H3,(H,15,18)(H,16,19)(H,17,20). The van der Waals surface area contributed by atoms with Gasteiger partial charge in [0.1, 0.15) is 11.5 Å². The van der Waals surface area contributed by atoms with Crippen molar-refractivity contribution in [1.29, 1.82) is 0 Å². The van der Waals surface area contributed by atoms with Crippen LogP contribution in [0.1, 0.15) is 37.2 Å². The van der Waals surface area contributed by atoms with E-state index in [1.165, 1.54) is 0 Å². The molecule has 0 aromatic carbocycles. The second kappa shape index (κ2) is 8.90. The molecule has 0 unspecified atom stereocenters. The quantitative estimate of drug-likeness (QED) is 0.666. The van der Waals surface area contributed by atoms with E-state index in [9.17, 15) is 9.59 Å². The van der Waals surface area contributed by atoms with Gasteiger partial charge < -0.3 is 16.0 Å². The van der Waals surface area contributed by atoms with Gasteiger partial charge in [0.25, 0.3) is 5.91 Å². The fourth-order valence-electron chi connectivity index (χ4n) is 1.49. The molecule has 0 saturated heterocycles. The summed E-state index contributed by atoms with van der Waals surface area (Å²) in [5.74, 6) is 0.118. The number of carbonyl (C=O) groups excluding carboxylic acids is 2. The van der Waals surface area contributed by atoms with Crippen molar-refractivity contribution >= 4 is 17.6 Å². The summed E-state index contributed by atoms with van der Waals surface area (Å²) in [6.45, 7) is 5.41. The molecule has 0 atom stereocenters. The van der Waals surface area contributed by atoms with Gasteiger partial charge in [-0.15, -0.1) is 0 Å². The van der Waals surface area contributed by atoms with Gasteiger partial charge in [0.2, 0.25) is 5.91 Å². The average molecular weight is 278 g/mol. The molecular formula is C14H22N4O2. The van der Waals surface area contributed by atoms with Crippen molar-refractivity contribution in [2.45, 2.75) is 26.7 Å². The molecule has 1 rings (SSSR count). The van der Waals surface area contributed by atoms with Crippen molar-refractivity contribution in [2.24, 2.45) is 0 Å². The highest BCUT2D eigenvalue weighted by molar-refractivity contribution is 5.95. The number of aromatic nitrogens is 1. The van der Waals surface area contributed by atoms with E-state index in [-0.39, 0.29) is 18.4 Å². The van der Waals surface area contributed by atoms with Gasteiger partial charge >= 0.3 is 0 Å². The van der Waals surface area contributed by atoms with Crippen LogP contribution in [0.15, 0.2) is 18.2 Å². The van der Waals surface area contributed by atoms with E-state index in [1.54, 1.807) is 18.2 Å². The lowest BCUT2D eigenvalue weighted by Crippen LogP contribution is -2.37. The van der Waals surface area contributed by atoms with Crippen molar-refractivity contribution in [3.8, 4) is 0 Å². The Morgan fingerprint density at radius 1 is 1.10 bits per heavy atom. The zero-order chi connectivity index (χ0) is 14.8. The predicted octanol–water partition coefficient (Wildman–Crippen LogP) is 1.16. The minimum atomic E-state index is -0.350. The van der Waals surface area contributed by atoms with Crippen molar-refractivity contribution in [2.75, 3.05) is 25.0 Å². The fourth-order valence-corrected chi connectivity index (χ4v) is 1.49. The Balaban J connectivity index is 2.48. The SMILES string of the molecule is CCCNC(=O)CNC(=O)c1cccc(NCCC)n1. The maximum atomic E-state index is 11.9. The number of hydrogen-bond acceptors (Lipinski definition) is 4. The molecule has 1 aromatic heterocycles. The van der Waals surface area contributed by atoms with Gasteiger partial charge in [0, 0.05) is 13.1 Å². The first kappa shape index (κ1) is 15.9. The number of rotatable bonds is 8. The van der Waals surface area contributed by atoms with Crippen LogP contribution in [-0.4, -0.2) is 36.4 Å². The van der Waals surface area contributed by atoms with Gasteiger partial charge in [0.15, 0.2) is 0 Å². The van der Waals surface area contributed by atoms with Crippen molar-refractivity contribution in [3.63, 3.8) is 0 Å². The maximum absolute atomic E-state index is 11.9. The Labute approximate surface area is 119 Å². The van der Waals surface area contributed by atoms with Gasteiger partial charge in [-0.05, 0) is 25.0 Å². The number of nitrogens with one attached hydrogen (secondary N) is 3. The lowest BCUT2D eigenvalue weighted by atomic mass is 10.3. The number of anilines is 1. The molecular weight excluding hydrogens is 256 g/mol. The molecule has 2 amide bonds. The summed E-state index contributed by atoms with van der Waals surface area (Å²) >= 11 is 0. The molecule has 20 heavy (non-hydrogen) atoms. The molecule has 3 N–H and O–H groups in total. The Bertz CT molecular complexity index is 449.